The molecule has 0 aliphatic heterocycles. The Labute approximate surface area is 125 Å². The first-order chi connectivity index (χ1) is 9.90. The predicted octanol–water partition coefficient (Wildman–Crippen LogP) is 2.57. The number of benzene rings is 1. The van der Waals surface area contributed by atoms with Gasteiger partial charge in [0, 0.05) is 11.8 Å². The van der Waals surface area contributed by atoms with Crippen LogP contribution in [-0.4, -0.2) is 25.8 Å². The molecule has 0 unspecified atom stereocenters. The molecule has 3 N–H and O–H groups in total. The Morgan fingerprint density at radius 1 is 1.48 bits per heavy atom. The summed E-state index contributed by atoms with van der Waals surface area (Å²) < 4.78 is 15.5. The number of anilines is 1. The minimum atomic E-state index is -1.09. The molecule has 2 aromatic rings. The average Bonchev–Trinajstić information content (AvgIpc) is 2.78. The molecule has 0 radical (unpaired) electrons. The lowest BCUT2D eigenvalue weighted by Gasteiger charge is -2.11. The van der Waals surface area contributed by atoms with Gasteiger partial charge in [-0.1, -0.05) is 11.8 Å². The molecule has 0 aliphatic rings. The van der Waals surface area contributed by atoms with Gasteiger partial charge in [0.25, 0.3) is 0 Å². The van der Waals surface area contributed by atoms with E-state index in [4.69, 9.17) is 10.8 Å². The minimum absolute atomic E-state index is 0.0526. The molecule has 8 heteroatoms. The lowest BCUT2D eigenvalue weighted by molar-refractivity contribution is 0.0696. The zero-order chi connectivity index (χ0) is 15.6. The molecular weight excluding hydrogens is 295 g/mol. The van der Waals surface area contributed by atoms with Gasteiger partial charge in [-0.3, -0.25) is 4.57 Å². The van der Waals surface area contributed by atoms with Crippen LogP contribution in [0.5, 0.6) is 0 Å². The van der Waals surface area contributed by atoms with Gasteiger partial charge < -0.3 is 10.8 Å². The number of carbonyl (C=O) groups is 1. The fourth-order valence-corrected chi connectivity index (χ4v) is 2.88. The van der Waals surface area contributed by atoms with Crippen molar-refractivity contribution in [2.45, 2.75) is 30.8 Å². The van der Waals surface area contributed by atoms with Crippen LogP contribution in [0.25, 0.3) is 0 Å². The highest BCUT2D eigenvalue weighted by molar-refractivity contribution is 7.98. The van der Waals surface area contributed by atoms with Crippen molar-refractivity contribution in [3.8, 4) is 0 Å². The van der Waals surface area contributed by atoms with Crippen molar-refractivity contribution < 1.29 is 14.3 Å². The number of carboxylic acid groups (broad SMARTS) is 1. The van der Waals surface area contributed by atoms with Gasteiger partial charge in [-0.25, -0.2) is 9.18 Å². The average molecular weight is 310 g/mol. The van der Waals surface area contributed by atoms with Crippen molar-refractivity contribution in [2.75, 3.05) is 5.73 Å². The molecule has 0 spiro atoms. The third kappa shape index (κ3) is 3.33. The Balaban J connectivity index is 2.20. The summed E-state index contributed by atoms with van der Waals surface area (Å²) in [7, 11) is 0. The van der Waals surface area contributed by atoms with Gasteiger partial charge in [0.05, 0.1) is 5.56 Å². The van der Waals surface area contributed by atoms with Crippen LogP contribution in [0, 0.1) is 5.82 Å². The van der Waals surface area contributed by atoms with Crippen molar-refractivity contribution in [1.82, 2.24) is 14.8 Å². The van der Waals surface area contributed by atoms with E-state index in [-0.39, 0.29) is 17.4 Å². The highest BCUT2D eigenvalue weighted by Gasteiger charge is 2.15. The van der Waals surface area contributed by atoms with Crippen molar-refractivity contribution in [3.05, 3.63) is 35.1 Å². The number of carboxylic acids is 1. The number of nitrogens with two attached hydrogens (primary N) is 1. The molecule has 0 atom stereocenters. The highest BCUT2D eigenvalue weighted by Crippen LogP contribution is 2.27. The smallest absolute Gasteiger partial charge is 0.335 e. The van der Waals surface area contributed by atoms with Gasteiger partial charge in [-0.2, -0.15) is 0 Å². The van der Waals surface area contributed by atoms with Gasteiger partial charge in [-0.15, -0.1) is 10.2 Å². The number of aromatic nitrogens is 3. The van der Waals surface area contributed by atoms with Crippen LogP contribution in [0.2, 0.25) is 0 Å². The SMILES string of the molecule is CC(C)n1c(N)nnc1SCc1cc(C(=O)O)ccc1F. The van der Waals surface area contributed by atoms with Gasteiger partial charge in [0.1, 0.15) is 5.82 Å². The highest BCUT2D eigenvalue weighted by atomic mass is 32.2. The molecule has 21 heavy (non-hydrogen) atoms. The Kier molecular flexibility index (Phi) is 4.46. The molecule has 0 saturated carbocycles. The number of hydrogen-bond donors (Lipinski definition) is 2. The monoisotopic (exact) mass is 310 g/mol. The fraction of sp³-hybridized carbons (Fsp3) is 0.308. The fourth-order valence-electron chi connectivity index (χ4n) is 1.83. The van der Waals surface area contributed by atoms with Gasteiger partial charge >= 0.3 is 5.97 Å². The third-order valence-corrected chi connectivity index (χ3v) is 3.85. The molecule has 112 valence electrons. The molecule has 0 saturated heterocycles. The zero-order valence-corrected chi connectivity index (χ0v) is 12.4. The van der Waals surface area contributed by atoms with Crippen LogP contribution in [-0.2, 0) is 5.75 Å². The third-order valence-electron chi connectivity index (χ3n) is 2.86. The first kappa shape index (κ1) is 15.3. The molecular formula is C13H15FN4O2S. The van der Waals surface area contributed by atoms with E-state index in [0.29, 0.717) is 16.7 Å². The predicted molar refractivity (Wildman–Crippen MR) is 77.7 cm³/mol. The van der Waals surface area contributed by atoms with E-state index in [1.54, 1.807) is 4.57 Å². The first-order valence-electron chi connectivity index (χ1n) is 6.25. The maximum atomic E-state index is 13.7. The molecule has 6 nitrogen and oxygen atoms in total. The number of nitrogen functional groups attached to an aromatic ring is 1. The van der Waals surface area contributed by atoms with E-state index in [0.717, 1.165) is 6.07 Å². The standard InChI is InChI=1S/C13H15FN4O2S/c1-7(2)18-12(15)16-17-13(18)21-6-9-5-8(11(19)20)3-4-10(9)14/h3-5,7H,6H2,1-2H3,(H2,15,16)(H,19,20). The summed E-state index contributed by atoms with van der Waals surface area (Å²) in [6.45, 7) is 3.88. The Hall–Kier alpha value is -2.09. The number of thioether (sulfide) groups is 1. The van der Waals surface area contributed by atoms with Crippen molar-refractivity contribution in [3.63, 3.8) is 0 Å². The Bertz CT molecular complexity index is 672. The van der Waals surface area contributed by atoms with Gasteiger partial charge in [0.15, 0.2) is 5.16 Å². The van der Waals surface area contributed by atoms with Crippen LogP contribution in [0.3, 0.4) is 0 Å². The van der Waals surface area contributed by atoms with Gasteiger partial charge in [-0.05, 0) is 37.6 Å². The summed E-state index contributed by atoms with van der Waals surface area (Å²) in [6.07, 6.45) is 0. The lowest BCUT2D eigenvalue weighted by atomic mass is 10.1. The first-order valence-corrected chi connectivity index (χ1v) is 7.23. The van der Waals surface area contributed by atoms with Crippen molar-refractivity contribution in [2.24, 2.45) is 0 Å². The second-order valence-corrected chi connectivity index (χ2v) is 5.65. The molecule has 0 fully saturated rings. The molecule has 0 aliphatic carbocycles. The summed E-state index contributed by atoms with van der Waals surface area (Å²) in [6, 6.07) is 3.79. The number of halogens is 1. The molecule has 1 aromatic carbocycles. The Morgan fingerprint density at radius 2 is 2.19 bits per heavy atom. The summed E-state index contributed by atoms with van der Waals surface area (Å²) in [5, 5.41) is 17.3. The number of nitrogens with zero attached hydrogens (tertiary/aromatic N) is 3. The number of aromatic carboxylic acids is 1. The van der Waals surface area contributed by atoms with E-state index >= 15 is 0 Å². The van der Waals surface area contributed by atoms with Crippen LogP contribution >= 0.6 is 11.8 Å². The topological polar surface area (TPSA) is 94.0 Å². The maximum Gasteiger partial charge on any atom is 0.335 e. The van der Waals surface area contributed by atoms with E-state index in [1.165, 1.54) is 23.9 Å². The number of hydrogen-bond acceptors (Lipinski definition) is 5. The molecule has 2 rings (SSSR count). The molecule has 0 amide bonds. The quantitative estimate of drug-likeness (QED) is 0.824. The van der Waals surface area contributed by atoms with E-state index in [9.17, 15) is 9.18 Å². The normalized spacial score (nSPS) is 11.0. The molecule has 1 heterocycles. The summed E-state index contributed by atoms with van der Waals surface area (Å²) >= 11 is 1.26. The second kappa shape index (κ2) is 6.13. The van der Waals surface area contributed by atoms with Crippen molar-refractivity contribution in [1.29, 1.82) is 0 Å². The summed E-state index contributed by atoms with van der Waals surface area (Å²) in [4.78, 5) is 10.9. The van der Waals surface area contributed by atoms with Crippen LogP contribution in [0.1, 0.15) is 35.8 Å². The minimum Gasteiger partial charge on any atom is -0.478 e. The van der Waals surface area contributed by atoms with Crippen LogP contribution in [0.15, 0.2) is 23.4 Å². The van der Waals surface area contributed by atoms with Crippen molar-refractivity contribution >= 4 is 23.7 Å². The van der Waals surface area contributed by atoms with E-state index < -0.39 is 11.8 Å². The summed E-state index contributed by atoms with van der Waals surface area (Å²) in [5.41, 5.74) is 6.08. The van der Waals surface area contributed by atoms with Crippen LogP contribution in [0.4, 0.5) is 10.3 Å². The van der Waals surface area contributed by atoms with E-state index in [2.05, 4.69) is 10.2 Å². The second-order valence-electron chi connectivity index (χ2n) is 4.70. The lowest BCUT2D eigenvalue weighted by Crippen LogP contribution is -2.07. The van der Waals surface area contributed by atoms with E-state index in [1.807, 2.05) is 13.8 Å². The maximum absolute atomic E-state index is 13.7. The molecule has 1 aromatic heterocycles. The largest absolute Gasteiger partial charge is 0.478 e. The number of rotatable bonds is 5. The summed E-state index contributed by atoms with van der Waals surface area (Å²) in [5.74, 6) is -0.989. The molecule has 0 bridgehead atoms. The van der Waals surface area contributed by atoms with Gasteiger partial charge in [0.2, 0.25) is 5.95 Å². The van der Waals surface area contributed by atoms with Crippen LogP contribution < -0.4 is 5.73 Å². The Morgan fingerprint density at radius 3 is 2.81 bits per heavy atom. The zero-order valence-electron chi connectivity index (χ0n) is 11.6.